The normalized spacial score (nSPS) is 46.6. The zero-order valence-corrected chi connectivity index (χ0v) is 20.6. The van der Waals surface area contributed by atoms with Crippen molar-refractivity contribution < 1.29 is 4.79 Å². The van der Waals surface area contributed by atoms with Crippen molar-refractivity contribution in [1.82, 2.24) is 5.32 Å². The summed E-state index contributed by atoms with van der Waals surface area (Å²) in [6.07, 6.45) is 17.8. The lowest BCUT2D eigenvalue weighted by Gasteiger charge is -2.61. The number of carbonyl (C=O) groups excluding carboxylic acids is 1. The lowest BCUT2D eigenvalue weighted by Crippen LogP contribution is -2.55. The quantitative estimate of drug-likeness (QED) is 0.437. The zero-order chi connectivity index (χ0) is 21.5. The monoisotopic (exact) mass is 415 g/mol. The van der Waals surface area contributed by atoms with Gasteiger partial charge in [0.2, 0.25) is 6.41 Å². The van der Waals surface area contributed by atoms with Crippen molar-refractivity contribution in [3.8, 4) is 0 Å². The van der Waals surface area contributed by atoms with Crippen LogP contribution in [0.4, 0.5) is 0 Å². The van der Waals surface area contributed by atoms with Gasteiger partial charge < -0.3 is 5.32 Å². The van der Waals surface area contributed by atoms with E-state index in [4.69, 9.17) is 0 Å². The van der Waals surface area contributed by atoms with E-state index < -0.39 is 0 Å². The SMILES string of the molecule is CC(C)CCC[C@@H](C)[C@H]1CC[C@H]2[C@@H]3CC[C@H]4C[C@H](NC=O)CC[C@]4(C)[C@H]3CC[C@]12C. The molecule has 2 heteroatoms. The summed E-state index contributed by atoms with van der Waals surface area (Å²) >= 11 is 0. The van der Waals surface area contributed by atoms with Crippen molar-refractivity contribution >= 4 is 6.41 Å². The number of nitrogens with one attached hydrogen (secondary N) is 1. The molecule has 4 aliphatic rings. The lowest BCUT2D eigenvalue weighted by atomic mass is 9.44. The molecule has 0 heterocycles. The van der Waals surface area contributed by atoms with E-state index in [0.29, 0.717) is 16.9 Å². The smallest absolute Gasteiger partial charge is 0.207 e. The van der Waals surface area contributed by atoms with E-state index in [-0.39, 0.29) is 0 Å². The van der Waals surface area contributed by atoms with E-state index in [9.17, 15) is 4.79 Å². The van der Waals surface area contributed by atoms with E-state index in [0.717, 1.165) is 47.8 Å². The summed E-state index contributed by atoms with van der Waals surface area (Å²) in [7, 11) is 0. The largest absolute Gasteiger partial charge is 0.356 e. The van der Waals surface area contributed by atoms with Crippen molar-refractivity contribution in [1.29, 1.82) is 0 Å². The standard InChI is InChI=1S/C28H49NO/c1-19(2)7-6-8-20(3)24-11-12-25-23-10-9-21-17-22(29-18-30)13-15-27(21,4)26(23)14-16-28(24,25)5/h18-26H,6-17H2,1-5H3,(H,29,30)/t20-,21+,22-,23+,24-,25+,26+,27+,28-/m1/s1. The summed E-state index contributed by atoms with van der Waals surface area (Å²) in [6, 6.07) is 0.438. The molecule has 0 aromatic heterocycles. The molecule has 0 spiro atoms. The molecule has 0 aromatic rings. The van der Waals surface area contributed by atoms with Crippen LogP contribution in [-0.2, 0) is 4.79 Å². The molecule has 0 unspecified atom stereocenters. The van der Waals surface area contributed by atoms with E-state index in [1.807, 2.05) is 0 Å². The van der Waals surface area contributed by atoms with Gasteiger partial charge in [0.15, 0.2) is 0 Å². The van der Waals surface area contributed by atoms with E-state index in [1.54, 1.807) is 0 Å². The average Bonchev–Trinajstić information content (AvgIpc) is 3.05. The minimum absolute atomic E-state index is 0.438. The van der Waals surface area contributed by atoms with Crippen LogP contribution in [0.2, 0.25) is 0 Å². The summed E-state index contributed by atoms with van der Waals surface area (Å²) in [4.78, 5) is 11.0. The number of hydrogen-bond acceptors (Lipinski definition) is 1. The van der Waals surface area contributed by atoms with Gasteiger partial charge in [0.1, 0.15) is 0 Å². The molecule has 0 bridgehead atoms. The predicted octanol–water partition coefficient (Wildman–Crippen LogP) is 7.22. The van der Waals surface area contributed by atoms with Gasteiger partial charge in [0, 0.05) is 6.04 Å². The second-order valence-electron chi connectivity index (χ2n) is 12.9. The van der Waals surface area contributed by atoms with Crippen LogP contribution in [0.3, 0.4) is 0 Å². The molecule has 172 valence electrons. The number of carbonyl (C=O) groups is 1. The summed E-state index contributed by atoms with van der Waals surface area (Å²) in [5.41, 5.74) is 1.14. The van der Waals surface area contributed by atoms with Gasteiger partial charge in [-0.05, 0) is 110 Å². The molecule has 4 rings (SSSR count). The second-order valence-corrected chi connectivity index (χ2v) is 12.9. The minimum Gasteiger partial charge on any atom is -0.356 e. The summed E-state index contributed by atoms with van der Waals surface area (Å²) in [6.45, 7) is 12.7. The lowest BCUT2D eigenvalue weighted by molar-refractivity contribution is -0.122. The molecule has 1 N–H and O–H groups in total. The number of fused-ring (bicyclic) bond motifs is 5. The predicted molar refractivity (Wildman–Crippen MR) is 126 cm³/mol. The van der Waals surface area contributed by atoms with E-state index in [2.05, 4.69) is 39.9 Å². The summed E-state index contributed by atoms with van der Waals surface area (Å²) in [5, 5.41) is 3.11. The van der Waals surface area contributed by atoms with Crippen LogP contribution < -0.4 is 5.32 Å². The molecule has 4 fully saturated rings. The molecule has 0 aliphatic heterocycles. The van der Waals surface area contributed by atoms with Gasteiger partial charge in [0.25, 0.3) is 0 Å². The topological polar surface area (TPSA) is 29.1 Å². The molecule has 4 saturated carbocycles. The molecule has 0 saturated heterocycles. The Morgan fingerprint density at radius 1 is 0.900 bits per heavy atom. The molecule has 1 amide bonds. The third-order valence-electron chi connectivity index (χ3n) is 11.2. The first kappa shape index (κ1) is 22.7. The van der Waals surface area contributed by atoms with E-state index in [1.165, 1.54) is 77.0 Å². The van der Waals surface area contributed by atoms with Gasteiger partial charge in [-0.2, -0.15) is 0 Å². The Morgan fingerprint density at radius 3 is 2.37 bits per heavy atom. The fraction of sp³-hybridized carbons (Fsp3) is 0.964. The maximum absolute atomic E-state index is 11.0. The molecule has 30 heavy (non-hydrogen) atoms. The molecular formula is C28H49NO. The molecule has 2 nitrogen and oxygen atoms in total. The third kappa shape index (κ3) is 3.88. The number of amides is 1. The summed E-state index contributed by atoms with van der Waals surface area (Å²) in [5.74, 6) is 6.47. The maximum Gasteiger partial charge on any atom is 0.207 e. The minimum atomic E-state index is 0.438. The highest BCUT2D eigenvalue weighted by atomic mass is 16.1. The Balaban J connectivity index is 1.44. The fourth-order valence-corrected chi connectivity index (χ4v) is 9.53. The van der Waals surface area contributed by atoms with Gasteiger partial charge in [-0.1, -0.05) is 53.9 Å². The van der Waals surface area contributed by atoms with Crippen molar-refractivity contribution in [3.05, 3.63) is 0 Å². The molecule has 0 aromatic carbocycles. The van der Waals surface area contributed by atoms with Gasteiger partial charge >= 0.3 is 0 Å². The first-order valence-electron chi connectivity index (χ1n) is 13.5. The van der Waals surface area contributed by atoms with Crippen LogP contribution in [0.15, 0.2) is 0 Å². The Morgan fingerprint density at radius 2 is 1.63 bits per heavy atom. The van der Waals surface area contributed by atoms with Crippen LogP contribution >= 0.6 is 0 Å². The highest BCUT2D eigenvalue weighted by Gasteiger charge is 2.60. The third-order valence-corrected chi connectivity index (χ3v) is 11.2. The van der Waals surface area contributed by atoms with Crippen LogP contribution in [0.5, 0.6) is 0 Å². The first-order chi connectivity index (χ1) is 14.3. The maximum atomic E-state index is 11.0. The van der Waals surface area contributed by atoms with Crippen molar-refractivity contribution in [2.24, 2.45) is 52.3 Å². The van der Waals surface area contributed by atoms with Crippen LogP contribution in [0.25, 0.3) is 0 Å². The first-order valence-corrected chi connectivity index (χ1v) is 13.5. The van der Waals surface area contributed by atoms with E-state index >= 15 is 0 Å². The Kier molecular flexibility index (Phi) is 6.63. The Bertz CT molecular complexity index is 601. The fourth-order valence-electron chi connectivity index (χ4n) is 9.53. The number of rotatable bonds is 7. The molecular weight excluding hydrogens is 366 g/mol. The van der Waals surface area contributed by atoms with Crippen LogP contribution in [0.1, 0.15) is 112 Å². The van der Waals surface area contributed by atoms with Crippen molar-refractivity contribution in [2.75, 3.05) is 0 Å². The van der Waals surface area contributed by atoms with Crippen molar-refractivity contribution in [2.45, 2.75) is 118 Å². The Hall–Kier alpha value is -0.530. The van der Waals surface area contributed by atoms with Gasteiger partial charge in [-0.3, -0.25) is 4.79 Å². The van der Waals surface area contributed by atoms with Gasteiger partial charge in [-0.15, -0.1) is 0 Å². The van der Waals surface area contributed by atoms with Crippen LogP contribution in [0, 0.1) is 52.3 Å². The average molecular weight is 416 g/mol. The highest BCUT2D eigenvalue weighted by Crippen LogP contribution is 2.68. The van der Waals surface area contributed by atoms with Gasteiger partial charge in [-0.25, -0.2) is 0 Å². The van der Waals surface area contributed by atoms with Crippen LogP contribution in [-0.4, -0.2) is 12.5 Å². The summed E-state index contributed by atoms with van der Waals surface area (Å²) < 4.78 is 0. The number of hydrogen-bond donors (Lipinski definition) is 1. The highest BCUT2D eigenvalue weighted by molar-refractivity contribution is 5.46. The zero-order valence-electron chi connectivity index (χ0n) is 20.6. The molecule has 0 radical (unpaired) electrons. The van der Waals surface area contributed by atoms with Crippen molar-refractivity contribution in [3.63, 3.8) is 0 Å². The van der Waals surface area contributed by atoms with Gasteiger partial charge in [0.05, 0.1) is 0 Å². The Labute approximate surface area is 186 Å². The molecule has 9 atom stereocenters. The second kappa shape index (κ2) is 8.78. The molecule has 4 aliphatic carbocycles.